The maximum Gasteiger partial charge on any atom is 0.122 e. The minimum Gasteiger partial charge on any atom is -0.465 e. The molecule has 1 heterocycles. The summed E-state index contributed by atoms with van der Waals surface area (Å²) in [4.78, 5) is 2.32. The number of nitrogens with two attached hydrogens (primary N) is 1. The van der Waals surface area contributed by atoms with Gasteiger partial charge in [0.25, 0.3) is 0 Å². The van der Waals surface area contributed by atoms with Crippen molar-refractivity contribution in [2.24, 2.45) is 11.7 Å². The largest absolute Gasteiger partial charge is 0.465 e. The van der Waals surface area contributed by atoms with E-state index in [1.54, 1.807) is 0 Å². The van der Waals surface area contributed by atoms with E-state index in [1.807, 2.05) is 19.1 Å². The van der Waals surface area contributed by atoms with Crippen molar-refractivity contribution in [1.82, 2.24) is 4.90 Å². The van der Waals surface area contributed by atoms with Crippen molar-refractivity contribution in [3.8, 4) is 0 Å². The lowest BCUT2D eigenvalue weighted by Crippen LogP contribution is -2.31. The number of furan rings is 1. The molecule has 0 saturated heterocycles. The predicted molar refractivity (Wildman–Crippen MR) is 60.6 cm³/mol. The Morgan fingerprint density at radius 2 is 2.27 bits per heavy atom. The van der Waals surface area contributed by atoms with E-state index in [4.69, 9.17) is 10.2 Å². The Morgan fingerprint density at radius 1 is 1.53 bits per heavy atom. The summed E-state index contributed by atoms with van der Waals surface area (Å²) in [6, 6.07) is 4.28. The monoisotopic (exact) mass is 208 g/mol. The van der Waals surface area contributed by atoms with E-state index in [2.05, 4.69) is 11.9 Å². The van der Waals surface area contributed by atoms with Crippen LogP contribution < -0.4 is 5.73 Å². The van der Waals surface area contributed by atoms with E-state index in [-0.39, 0.29) is 6.04 Å². The van der Waals surface area contributed by atoms with E-state index in [9.17, 15) is 0 Å². The van der Waals surface area contributed by atoms with Crippen molar-refractivity contribution >= 4 is 0 Å². The van der Waals surface area contributed by atoms with Crippen LogP contribution in [-0.2, 0) is 0 Å². The summed E-state index contributed by atoms with van der Waals surface area (Å²) in [6.07, 6.45) is 2.75. The second-order valence-electron chi connectivity index (χ2n) is 4.58. The second kappa shape index (κ2) is 4.37. The van der Waals surface area contributed by atoms with Crippen molar-refractivity contribution in [1.29, 1.82) is 0 Å². The van der Waals surface area contributed by atoms with Crippen LogP contribution in [0.5, 0.6) is 0 Å². The Balaban J connectivity index is 2.01. The van der Waals surface area contributed by atoms with Gasteiger partial charge in [0.2, 0.25) is 0 Å². The van der Waals surface area contributed by atoms with Crippen LogP contribution in [0, 0.1) is 12.8 Å². The highest BCUT2D eigenvalue weighted by Crippen LogP contribution is 2.32. The van der Waals surface area contributed by atoms with E-state index in [0.717, 1.165) is 24.0 Å². The average molecular weight is 208 g/mol. The first-order valence-corrected chi connectivity index (χ1v) is 5.67. The van der Waals surface area contributed by atoms with Gasteiger partial charge in [-0.15, -0.1) is 0 Å². The van der Waals surface area contributed by atoms with Gasteiger partial charge in [-0.2, -0.15) is 0 Å². The molecule has 3 nitrogen and oxygen atoms in total. The van der Waals surface area contributed by atoms with Crippen LogP contribution >= 0.6 is 0 Å². The van der Waals surface area contributed by atoms with Crippen LogP contribution in [0.2, 0.25) is 0 Å². The molecule has 0 bridgehead atoms. The Bertz CT molecular complexity index is 317. The molecule has 15 heavy (non-hydrogen) atoms. The maximum atomic E-state index is 5.81. The molecule has 0 spiro atoms. The van der Waals surface area contributed by atoms with Gasteiger partial charge in [-0.05, 0) is 44.9 Å². The van der Waals surface area contributed by atoms with Gasteiger partial charge in [0, 0.05) is 13.1 Å². The van der Waals surface area contributed by atoms with Gasteiger partial charge in [-0.1, -0.05) is 0 Å². The van der Waals surface area contributed by atoms with Gasteiger partial charge >= 0.3 is 0 Å². The molecule has 0 radical (unpaired) electrons. The Morgan fingerprint density at radius 3 is 2.73 bits per heavy atom. The molecule has 1 atom stereocenters. The molecule has 1 aromatic heterocycles. The summed E-state index contributed by atoms with van der Waals surface area (Å²) in [5, 5.41) is 0. The highest BCUT2D eigenvalue weighted by molar-refractivity contribution is 5.10. The molecule has 3 heteroatoms. The van der Waals surface area contributed by atoms with E-state index in [0.29, 0.717) is 6.54 Å². The molecule has 0 aliphatic heterocycles. The van der Waals surface area contributed by atoms with Gasteiger partial charge < -0.3 is 10.2 Å². The highest BCUT2D eigenvalue weighted by atomic mass is 16.3. The SMILES string of the molecule is Cc1ccc(C(CN)N(C)CC2CC2)o1. The first-order chi connectivity index (χ1) is 7.20. The summed E-state index contributed by atoms with van der Waals surface area (Å²) < 4.78 is 5.64. The van der Waals surface area contributed by atoms with Crippen LogP contribution in [0.25, 0.3) is 0 Å². The lowest BCUT2D eigenvalue weighted by Gasteiger charge is -2.25. The summed E-state index contributed by atoms with van der Waals surface area (Å²) in [5.41, 5.74) is 5.81. The molecule has 1 saturated carbocycles. The maximum absolute atomic E-state index is 5.81. The molecule has 2 N–H and O–H groups in total. The average Bonchev–Trinajstić information content (AvgIpc) is 2.90. The Kier molecular flexibility index (Phi) is 3.12. The molecule has 1 fully saturated rings. The number of rotatable bonds is 5. The zero-order valence-corrected chi connectivity index (χ0v) is 9.57. The molecule has 2 rings (SSSR count). The van der Waals surface area contributed by atoms with Crippen molar-refractivity contribution in [2.45, 2.75) is 25.8 Å². The van der Waals surface area contributed by atoms with Gasteiger partial charge in [0.05, 0.1) is 6.04 Å². The zero-order chi connectivity index (χ0) is 10.8. The normalized spacial score (nSPS) is 18.4. The van der Waals surface area contributed by atoms with E-state index >= 15 is 0 Å². The van der Waals surface area contributed by atoms with Crippen LogP contribution in [0.15, 0.2) is 16.5 Å². The minimum absolute atomic E-state index is 0.235. The molecule has 1 aliphatic rings. The molecule has 0 amide bonds. The van der Waals surface area contributed by atoms with Crippen molar-refractivity contribution in [3.05, 3.63) is 23.7 Å². The molecule has 1 aromatic rings. The number of likely N-dealkylation sites (N-methyl/N-ethyl adjacent to an activating group) is 1. The summed E-state index contributed by atoms with van der Waals surface area (Å²) in [5.74, 6) is 2.85. The third-order valence-electron chi connectivity index (χ3n) is 3.09. The van der Waals surface area contributed by atoms with Gasteiger partial charge in [0.1, 0.15) is 11.5 Å². The van der Waals surface area contributed by atoms with Crippen LogP contribution in [0.4, 0.5) is 0 Å². The van der Waals surface area contributed by atoms with Crippen LogP contribution in [-0.4, -0.2) is 25.0 Å². The summed E-state index contributed by atoms with van der Waals surface area (Å²) in [6.45, 7) is 3.73. The fourth-order valence-corrected chi connectivity index (χ4v) is 1.98. The molecule has 84 valence electrons. The van der Waals surface area contributed by atoms with Crippen LogP contribution in [0.3, 0.4) is 0 Å². The standard InChI is InChI=1S/C12H20N2O/c1-9-3-6-12(15-9)11(7-13)14(2)8-10-4-5-10/h3,6,10-11H,4-5,7-8,13H2,1-2H3. The molecule has 0 aromatic carbocycles. The third kappa shape index (κ3) is 2.61. The lowest BCUT2D eigenvalue weighted by molar-refractivity contribution is 0.211. The highest BCUT2D eigenvalue weighted by Gasteiger charge is 2.27. The molecule has 1 unspecified atom stereocenters. The van der Waals surface area contributed by atoms with Gasteiger partial charge in [-0.3, -0.25) is 4.90 Å². The smallest absolute Gasteiger partial charge is 0.122 e. The Hall–Kier alpha value is -0.800. The fraction of sp³-hybridized carbons (Fsp3) is 0.667. The second-order valence-corrected chi connectivity index (χ2v) is 4.58. The van der Waals surface area contributed by atoms with Crippen molar-refractivity contribution in [3.63, 3.8) is 0 Å². The van der Waals surface area contributed by atoms with E-state index in [1.165, 1.54) is 12.8 Å². The van der Waals surface area contributed by atoms with Crippen LogP contribution in [0.1, 0.15) is 30.4 Å². The lowest BCUT2D eigenvalue weighted by atomic mass is 10.2. The van der Waals surface area contributed by atoms with Gasteiger partial charge in [0.15, 0.2) is 0 Å². The number of aryl methyl sites for hydroxylation is 1. The molecule has 1 aliphatic carbocycles. The molecular weight excluding hydrogens is 188 g/mol. The molecular formula is C12H20N2O. The number of nitrogens with zero attached hydrogens (tertiary/aromatic N) is 1. The predicted octanol–water partition coefficient (Wildman–Crippen LogP) is 1.93. The van der Waals surface area contributed by atoms with Crippen molar-refractivity contribution < 1.29 is 4.42 Å². The summed E-state index contributed by atoms with van der Waals surface area (Å²) >= 11 is 0. The van der Waals surface area contributed by atoms with Gasteiger partial charge in [-0.25, -0.2) is 0 Å². The summed E-state index contributed by atoms with van der Waals surface area (Å²) in [7, 11) is 2.13. The third-order valence-corrected chi connectivity index (χ3v) is 3.09. The first kappa shape index (κ1) is 10.7. The quantitative estimate of drug-likeness (QED) is 0.804. The van der Waals surface area contributed by atoms with Crippen molar-refractivity contribution in [2.75, 3.05) is 20.1 Å². The Labute approximate surface area is 91.2 Å². The topological polar surface area (TPSA) is 42.4 Å². The zero-order valence-electron chi connectivity index (χ0n) is 9.57. The fourth-order valence-electron chi connectivity index (χ4n) is 1.98. The van der Waals surface area contributed by atoms with E-state index < -0.39 is 0 Å². The minimum atomic E-state index is 0.235. The number of hydrogen-bond acceptors (Lipinski definition) is 3. The number of hydrogen-bond donors (Lipinski definition) is 1. The first-order valence-electron chi connectivity index (χ1n) is 5.67.